The topological polar surface area (TPSA) is 61.4 Å². The molecule has 2 atom stereocenters. The number of likely N-dealkylation sites (tertiary alicyclic amines) is 1. The Balaban J connectivity index is 1.81. The van der Waals surface area contributed by atoms with E-state index >= 15 is 0 Å². The standard InChI is InChI=1S/C15H25N3O2/c1-2-14(19)16-13-9-6-10-18(11-13)15(20)17-12-7-4-3-5-8-12/h4,7,12-13H,2-3,5-6,8-11H2,1H3,(H,16,19)(H,17,20)/t12-,13-/m0/s1. The van der Waals surface area contributed by atoms with Crippen LogP contribution in [0.5, 0.6) is 0 Å². The zero-order valence-electron chi connectivity index (χ0n) is 12.2. The van der Waals surface area contributed by atoms with Crippen LogP contribution in [-0.4, -0.2) is 42.0 Å². The SMILES string of the molecule is CCC(=O)N[C@H]1CCCN(C(=O)N[C@H]2C=CCCC2)C1. The van der Waals surface area contributed by atoms with Crippen LogP contribution in [0.3, 0.4) is 0 Å². The molecule has 0 radical (unpaired) electrons. The van der Waals surface area contributed by atoms with Crippen molar-refractivity contribution < 1.29 is 9.59 Å². The summed E-state index contributed by atoms with van der Waals surface area (Å²) in [6.07, 6.45) is 9.89. The molecule has 0 unspecified atom stereocenters. The van der Waals surface area contributed by atoms with Gasteiger partial charge in [-0.25, -0.2) is 4.79 Å². The van der Waals surface area contributed by atoms with Crippen LogP contribution < -0.4 is 10.6 Å². The summed E-state index contributed by atoms with van der Waals surface area (Å²) in [6.45, 7) is 3.24. The number of amides is 3. The number of allylic oxidation sites excluding steroid dienone is 1. The van der Waals surface area contributed by atoms with E-state index in [0.29, 0.717) is 13.0 Å². The van der Waals surface area contributed by atoms with Crippen LogP contribution in [0.2, 0.25) is 0 Å². The second kappa shape index (κ2) is 7.31. The summed E-state index contributed by atoms with van der Waals surface area (Å²) in [5.74, 6) is 0.0625. The predicted molar refractivity (Wildman–Crippen MR) is 78.3 cm³/mol. The average molecular weight is 279 g/mol. The Kier molecular flexibility index (Phi) is 5.44. The van der Waals surface area contributed by atoms with E-state index in [1.807, 2.05) is 11.8 Å². The molecule has 0 aromatic carbocycles. The Morgan fingerprint density at radius 2 is 2.10 bits per heavy atom. The number of carbonyl (C=O) groups is 2. The number of hydrogen-bond acceptors (Lipinski definition) is 2. The van der Waals surface area contributed by atoms with Gasteiger partial charge in [-0.1, -0.05) is 19.1 Å². The van der Waals surface area contributed by atoms with Gasteiger partial charge in [0.15, 0.2) is 0 Å². The summed E-state index contributed by atoms with van der Waals surface area (Å²) in [7, 11) is 0. The first kappa shape index (κ1) is 14.9. The summed E-state index contributed by atoms with van der Waals surface area (Å²) in [6, 6.07) is 0.266. The Morgan fingerprint density at radius 1 is 1.25 bits per heavy atom. The first-order valence-corrected chi connectivity index (χ1v) is 7.70. The van der Waals surface area contributed by atoms with E-state index in [0.717, 1.165) is 38.6 Å². The molecule has 0 spiro atoms. The van der Waals surface area contributed by atoms with E-state index in [1.165, 1.54) is 0 Å². The van der Waals surface area contributed by atoms with Crippen molar-refractivity contribution in [2.75, 3.05) is 13.1 Å². The first-order chi connectivity index (χ1) is 9.69. The van der Waals surface area contributed by atoms with Gasteiger partial charge in [0.05, 0.1) is 0 Å². The molecule has 2 aliphatic rings. The van der Waals surface area contributed by atoms with Gasteiger partial charge in [-0.2, -0.15) is 0 Å². The normalized spacial score (nSPS) is 26.1. The minimum Gasteiger partial charge on any atom is -0.352 e. The summed E-state index contributed by atoms with van der Waals surface area (Å²) in [4.78, 5) is 25.5. The minimum atomic E-state index is -0.00278. The van der Waals surface area contributed by atoms with Gasteiger partial charge in [-0.15, -0.1) is 0 Å². The Bertz CT molecular complexity index is 381. The molecule has 20 heavy (non-hydrogen) atoms. The van der Waals surface area contributed by atoms with E-state index in [-0.39, 0.29) is 24.0 Å². The minimum absolute atomic E-state index is 0.00278. The van der Waals surface area contributed by atoms with Crippen LogP contribution in [0.4, 0.5) is 4.79 Å². The maximum absolute atomic E-state index is 12.2. The van der Waals surface area contributed by atoms with Crippen molar-refractivity contribution in [1.82, 2.24) is 15.5 Å². The maximum Gasteiger partial charge on any atom is 0.317 e. The second-order valence-electron chi connectivity index (χ2n) is 5.62. The van der Waals surface area contributed by atoms with Gasteiger partial charge >= 0.3 is 6.03 Å². The highest BCUT2D eigenvalue weighted by atomic mass is 16.2. The van der Waals surface area contributed by atoms with Crippen molar-refractivity contribution in [2.45, 2.75) is 57.5 Å². The lowest BCUT2D eigenvalue weighted by atomic mass is 10.0. The fraction of sp³-hybridized carbons (Fsp3) is 0.733. The van der Waals surface area contributed by atoms with Crippen LogP contribution in [0.1, 0.15) is 45.4 Å². The van der Waals surface area contributed by atoms with Crippen molar-refractivity contribution in [3.8, 4) is 0 Å². The van der Waals surface area contributed by atoms with Crippen LogP contribution in [-0.2, 0) is 4.79 Å². The number of nitrogens with zero attached hydrogens (tertiary/aromatic N) is 1. The Hall–Kier alpha value is -1.52. The fourth-order valence-corrected chi connectivity index (χ4v) is 2.79. The lowest BCUT2D eigenvalue weighted by Gasteiger charge is -2.34. The van der Waals surface area contributed by atoms with Crippen molar-refractivity contribution in [3.63, 3.8) is 0 Å². The van der Waals surface area contributed by atoms with Gasteiger partial charge in [0, 0.05) is 31.6 Å². The van der Waals surface area contributed by atoms with Gasteiger partial charge in [-0.05, 0) is 32.1 Å². The molecule has 0 bridgehead atoms. The second-order valence-corrected chi connectivity index (χ2v) is 5.62. The molecule has 5 heteroatoms. The van der Waals surface area contributed by atoms with Crippen LogP contribution in [0, 0.1) is 0 Å². The molecule has 112 valence electrons. The zero-order chi connectivity index (χ0) is 14.4. The molecular formula is C15H25N3O2. The zero-order valence-corrected chi connectivity index (χ0v) is 12.2. The molecule has 5 nitrogen and oxygen atoms in total. The Morgan fingerprint density at radius 3 is 2.80 bits per heavy atom. The van der Waals surface area contributed by atoms with Crippen molar-refractivity contribution >= 4 is 11.9 Å². The van der Waals surface area contributed by atoms with E-state index in [1.54, 1.807) is 0 Å². The molecule has 1 saturated heterocycles. The number of hydrogen-bond donors (Lipinski definition) is 2. The molecule has 1 heterocycles. The van der Waals surface area contributed by atoms with Gasteiger partial charge in [0.25, 0.3) is 0 Å². The first-order valence-electron chi connectivity index (χ1n) is 7.70. The number of urea groups is 1. The highest BCUT2D eigenvalue weighted by molar-refractivity contribution is 5.77. The third-order valence-electron chi connectivity index (χ3n) is 3.96. The molecular weight excluding hydrogens is 254 g/mol. The molecule has 2 N–H and O–H groups in total. The van der Waals surface area contributed by atoms with E-state index in [4.69, 9.17) is 0 Å². The Labute approximate surface area is 120 Å². The van der Waals surface area contributed by atoms with Gasteiger partial charge in [-0.3, -0.25) is 4.79 Å². The van der Waals surface area contributed by atoms with Crippen LogP contribution in [0.25, 0.3) is 0 Å². The molecule has 1 aliphatic heterocycles. The number of rotatable bonds is 3. The van der Waals surface area contributed by atoms with E-state index < -0.39 is 0 Å². The molecule has 1 fully saturated rings. The number of carbonyl (C=O) groups excluding carboxylic acids is 2. The van der Waals surface area contributed by atoms with Crippen molar-refractivity contribution in [1.29, 1.82) is 0 Å². The largest absolute Gasteiger partial charge is 0.352 e. The maximum atomic E-state index is 12.2. The summed E-state index contributed by atoms with van der Waals surface area (Å²) < 4.78 is 0. The molecule has 0 aromatic heterocycles. The fourth-order valence-electron chi connectivity index (χ4n) is 2.79. The average Bonchev–Trinajstić information content (AvgIpc) is 2.48. The molecule has 2 rings (SSSR count). The van der Waals surface area contributed by atoms with Crippen LogP contribution in [0.15, 0.2) is 12.2 Å². The van der Waals surface area contributed by atoms with E-state index in [9.17, 15) is 9.59 Å². The quantitative estimate of drug-likeness (QED) is 0.774. The van der Waals surface area contributed by atoms with E-state index in [2.05, 4.69) is 22.8 Å². The predicted octanol–water partition coefficient (Wildman–Crippen LogP) is 1.80. The lowest BCUT2D eigenvalue weighted by molar-refractivity contribution is -0.121. The monoisotopic (exact) mass is 279 g/mol. The molecule has 3 amide bonds. The number of nitrogens with one attached hydrogen (secondary N) is 2. The molecule has 1 aliphatic carbocycles. The van der Waals surface area contributed by atoms with Gasteiger partial charge in [0.2, 0.25) is 5.91 Å². The summed E-state index contributed by atoms with van der Waals surface area (Å²) in [5, 5.41) is 6.05. The van der Waals surface area contributed by atoms with Gasteiger partial charge in [0.1, 0.15) is 0 Å². The third-order valence-corrected chi connectivity index (χ3v) is 3.96. The smallest absolute Gasteiger partial charge is 0.317 e. The highest BCUT2D eigenvalue weighted by Gasteiger charge is 2.25. The molecule has 0 saturated carbocycles. The highest BCUT2D eigenvalue weighted by Crippen LogP contribution is 2.13. The molecule has 0 aromatic rings. The third kappa shape index (κ3) is 4.25. The lowest BCUT2D eigenvalue weighted by Crippen LogP contribution is -2.53. The van der Waals surface area contributed by atoms with Crippen molar-refractivity contribution in [3.05, 3.63) is 12.2 Å². The van der Waals surface area contributed by atoms with Crippen LogP contribution >= 0.6 is 0 Å². The van der Waals surface area contributed by atoms with Gasteiger partial charge < -0.3 is 15.5 Å². The summed E-state index contributed by atoms with van der Waals surface area (Å²) >= 11 is 0. The number of piperidine rings is 1. The van der Waals surface area contributed by atoms with Crippen molar-refractivity contribution in [2.24, 2.45) is 0 Å². The summed E-state index contributed by atoms with van der Waals surface area (Å²) in [5.41, 5.74) is 0.